The Hall–Kier alpha value is -0.730. The molecular weight excluding hydrogens is 363 g/mol. The van der Waals surface area contributed by atoms with Crippen LogP contribution in [0.15, 0.2) is 16.7 Å². The number of carbonyl (C=O) groups is 1. The Bertz CT molecular complexity index is 625. The van der Waals surface area contributed by atoms with E-state index < -0.39 is 20.9 Å². The SMILES string of the molecule is O=C1CC(CS(=O)(=O)Cl)CN1c1cc(Br)cnc1F. The number of aromatic nitrogens is 1. The highest BCUT2D eigenvalue weighted by atomic mass is 79.9. The second kappa shape index (κ2) is 5.34. The smallest absolute Gasteiger partial charge is 0.236 e. The third-order valence-corrected chi connectivity index (χ3v) is 4.40. The third kappa shape index (κ3) is 3.64. The Morgan fingerprint density at radius 2 is 2.26 bits per heavy atom. The first-order valence-corrected chi connectivity index (χ1v) is 8.57. The maximum atomic E-state index is 13.6. The van der Waals surface area contributed by atoms with Crippen molar-refractivity contribution in [1.82, 2.24) is 4.98 Å². The molecule has 5 nitrogen and oxygen atoms in total. The van der Waals surface area contributed by atoms with Crippen LogP contribution < -0.4 is 4.90 Å². The molecule has 1 aliphatic heterocycles. The summed E-state index contributed by atoms with van der Waals surface area (Å²) in [6.07, 6.45) is 1.30. The predicted octanol–water partition coefficient (Wildman–Crippen LogP) is 1.90. The summed E-state index contributed by atoms with van der Waals surface area (Å²) in [6.45, 7) is 0.111. The summed E-state index contributed by atoms with van der Waals surface area (Å²) in [5.41, 5.74) is 0.0360. The molecule has 0 saturated carbocycles. The summed E-state index contributed by atoms with van der Waals surface area (Å²) in [7, 11) is 1.48. The van der Waals surface area contributed by atoms with Crippen LogP contribution in [-0.4, -0.2) is 31.6 Å². The maximum Gasteiger partial charge on any atom is 0.236 e. The summed E-state index contributed by atoms with van der Waals surface area (Å²) in [5, 5.41) is 0. The molecule has 0 radical (unpaired) electrons. The number of anilines is 1. The van der Waals surface area contributed by atoms with Crippen molar-refractivity contribution in [2.75, 3.05) is 17.2 Å². The van der Waals surface area contributed by atoms with Crippen molar-refractivity contribution in [3.63, 3.8) is 0 Å². The van der Waals surface area contributed by atoms with Gasteiger partial charge >= 0.3 is 0 Å². The van der Waals surface area contributed by atoms with E-state index in [0.717, 1.165) is 0 Å². The van der Waals surface area contributed by atoms with Gasteiger partial charge in [-0.1, -0.05) is 0 Å². The minimum Gasteiger partial charge on any atom is -0.308 e. The Labute approximate surface area is 122 Å². The van der Waals surface area contributed by atoms with E-state index in [4.69, 9.17) is 10.7 Å². The molecule has 1 aromatic heterocycles. The van der Waals surface area contributed by atoms with E-state index in [0.29, 0.717) is 4.47 Å². The molecule has 0 spiro atoms. The zero-order chi connectivity index (χ0) is 14.2. The lowest BCUT2D eigenvalue weighted by atomic mass is 10.1. The summed E-state index contributed by atoms with van der Waals surface area (Å²) < 4.78 is 36.1. The van der Waals surface area contributed by atoms with Gasteiger partial charge < -0.3 is 4.90 Å². The molecule has 9 heteroatoms. The molecule has 19 heavy (non-hydrogen) atoms. The number of halogens is 3. The highest BCUT2D eigenvalue weighted by Gasteiger charge is 2.34. The van der Waals surface area contributed by atoms with Gasteiger partial charge in [-0.05, 0) is 22.0 Å². The van der Waals surface area contributed by atoms with E-state index in [-0.39, 0.29) is 30.3 Å². The van der Waals surface area contributed by atoms with E-state index in [1.165, 1.54) is 17.2 Å². The fourth-order valence-electron chi connectivity index (χ4n) is 2.01. The number of hydrogen-bond donors (Lipinski definition) is 0. The van der Waals surface area contributed by atoms with Gasteiger partial charge in [-0.15, -0.1) is 0 Å². The number of rotatable bonds is 3. The number of hydrogen-bond acceptors (Lipinski definition) is 4. The van der Waals surface area contributed by atoms with Crippen molar-refractivity contribution in [2.45, 2.75) is 6.42 Å². The van der Waals surface area contributed by atoms with Gasteiger partial charge in [0, 0.05) is 40.2 Å². The van der Waals surface area contributed by atoms with Crippen LogP contribution in [0.2, 0.25) is 0 Å². The van der Waals surface area contributed by atoms with Gasteiger partial charge in [0.25, 0.3) is 0 Å². The molecule has 1 amide bonds. The molecule has 1 saturated heterocycles. The predicted molar refractivity (Wildman–Crippen MR) is 72.0 cm³/mol. The van der Waals surface area contributed by atoms with Crippen LogP contribution in [0.25, 0.3) is 0 Å². The molecule has 0 bridgehead atoms. The van der Waals surface area contributed by atoms with E-state index in [1.54, 1.807) is 0 Å². The fraction of sp³-hybridized carbons (Fsp3) is 0.400. The van der Waals surface area contributed by atoms with Crippen LogP contribution in [0.4, 0.5) is 10.1 Å². The fourth-order valence-corrected chi connectivity index (χ4v) is 3.65. The first kappa shape index (κ1) is 14.7. The van der Waals surface area contributed by atoms with Crippen LogP contribution in [0, 0.1) is 11.9 Å². The van der Waals surface area contributed by atoms with Crippen LogP contribution >= 0.6 is 26.6 Å². The zero-order valence-corrected chi connectivity index (χ0v) is 12.7. The van der Waals surface area contributed by atoms with Crippen LogP contribution in [-0.2, 0) is 13.8 Å². The number of carbonyl (C=O) groups excluding carboxylic acids is 1. The Morgan fingerprint density at radius 1 is 1.58 bits per heavy atom. The summed E-state index contributed by atoms with van der Waals surface area (Å²) in [4.78, 5) is 16.5. The molecule has 0 N–H and O–H groups in total. The van der Waals surface area contributed by atoms with Gasteiger partial charge in [-0.2, -0.15) is 4.39 Å². The molecule has 0 aliphatic carbocycles. The highest BCUT2D eigenvalue weighted by molar-refractivity contribution is 9.10. The number of nitrogens with zero attached hydrogens (tertiary/aromatic N) is 2. The summed E-state index contributed by atoms with van der Waals surface area (Å²) in [6, 6.07) is 1.43. The quantitative estimate of drug-likeness (QED) is 0.601. The molecule has 1 aromatic rings. The van der Waals surface area contributed by atoms with Gasteiger partial charge in [0.2, 0.25) is 20.9 Å². The lowest BCUT2D eigenvalue weighted by molar-refractivity contribution is -0.117. The molecular formula is C10H9BrClFN2O3S. The molecule has 104 valence electrons. The molecule has 2 rings (SSSR count). The van der Waals surface area contributed by atoms with Gasteiger partial charge in [0.1, 0.15) is 5.69 Å². The first-order chi connectivity index (χ1) is 8.76. The van der Waals surface area contributed by atoms with Gasteiger partial charge in [-0.3, -0.25) is 4.79 Å². The Kier molecular flexibility index (Phi) is 4.12. The molecule has 1 fully saturated rings. The van der Waals surface area contributed by atoms with Gasteiger partial charge in [0.15, 0.2) is 0 Å². The second-order valence-electron chi connectivity index (χ2n) is 4.24. The average Bonchev–Trinajstić information content (AvgIpc) is 2.60. The van der Waals surface area contributed by atoms with Gasteiger partial charge in [-0.25, -0.2) is 13.4 Å². The van der Waals surface area contributed by atoms with Crippen molar-refractivity contribution >= 4 is 47.3 Å². The Morgan fingerprint density at radius 3 is 2.89 bits per heavy atom. The monoisotopic (exact) mass is 370 g/mol. The van der Waals surface area contributed by atoms with Crippen molar-refractivity contribution < 1.29 is 17.6 Å². The molecule has 1 atom stereocenters. The topological polar surface area (TPSA) is 67.3 Å². The molecule has 1 unspecified atom stereocenters. The zero-order valence-electron chi connectivity index (χ0n) is 9.51. The highest BCUT2D eigenvalue weighted by Crippen LogP contribution is 2.29. The van der Waals surface area contributed by atoms with Crippen molar-refractivity contribution in [2.24, 2.45) is 5.92 Å². The van der Waals surface area contributed by atoms with Crippen LogP contribution in [0.1, 0.15) is 6.42 Å². The normalized spacial score (nSPS) is 20.1. The van der Waals surface area contributed by atoms with Crippen molar-refractivity contribution in [3.8, 4) is 0 Å². The minimum atomic E-state index is -3.68. The third-order valence-electron chi connectivity index (χ3n) is 2.72. The lowest BCUT2D eigenvalue weighted by Gasteiger charge is -2.16. The Balaban J connectivity index is 2.23. The second-order valence-corrected chi connectivity index (χ2v) is 7.98. The lowest BCUT2D eigenvalue weighted by Crippen LogP contribution is -2.26. The minimum absolute atomic E-state index is 0.0257. The van der Waals surface area contributed by atoms with Crippen molar-refractivity contribution in [1.29, 1.82) is 0 Å². The van der Waals surface area contributed by atoms with E-state index >= 15 is 0 Å². The number of amides is 1. The van der Waals surface area contributed by atoms with Crippen molar-refractivity contribution in [3.05, 3.63) is 22.7 Å². The number of pyridine rings is 1. The van der Waals surface area contributed by atoms with E-state index in [1.807, 2.05) is 0 Å². The molecule has 2 heterocycles. The van der Waals surface area contributed by atoms with Crippen LogP contribution in [0.5, 0.6) is 0 Å². The van der Waals surface area contributed by atoms with E-state index in [2.05, 4.69) is 20.9 Å². The van der Waals surface area contributed by atoms with Gasteiger partial charge in [0.05, 0.1) is 5.75 Å². The summed E-state index contributed by atoms with van der Waals surface area (Å²) in [5.74, 6) is -1.86. The van der Waals surface area contributed by atoms with E-state index in [9.17, 15) is 17.6 Å². The average molecular weight is 372 g/mol. The first-order valence-electron chi connectivity index (χ1n) is 5.30. The maximum absolute atomic E-state index is 13.6. The largest absolute Gasteiger partial charge is 0.308 e. The molecule has 1 aliphatic rings. The van der Waals surface area contributed by atoms with Crippen LogP contribution in [0.3, 0.4) is 0 Å². The standard InChI is InChI=1S/C10H9BrClFN2O3S/c11-7-2-8(10(13)14-3-7)15-4-6(1-9(15)16)5-19(12,17)18/h2-3,6H,1,4-5H2. The summed E-state index contributed by atoms with van der Waals surface area (Å²) >= 11 is 3.14. The molecule has 0 aromatic carbocycles.